The molecule has 0 aliphatic carbocycles. The SMILES string of the molecule is CN(C)c1ccc(CN(C[C@H]2CCCO2)S(=O)(=O)c2ccc3[nH]c(=O)[nH]c3c2)cc1. The maximum absolute atomic E-state index is 13.5. The Hall–Kier alpha value is -2.62. The third kappa shape index (κ3) is 4.28. The number of benzene rings is 2. The van der Waals surface area contributed by atoms with E-state index >= 15 is 0 Å². The first kappa shape index (κ1) is 20.6. The molecule has 0 bridgehead atoms. The molecule has 0 spiro atoms. The maximum Gasteiger partial charge on any atom is 0.323 e. The van der Waals surface area contributed by atoms with Crippen molar-refractivity contribution in [2.24, 2.45) is 0 Å². The molecule has 1 atom stereocenters. The van der Waals surface area contributed by atoms with Gasteiger partial charge in [-0.25, -0.2) is 13.2 Å². The molecule has 2 aromatic carbocycles. The lowest BCUT2D eigenvalue weighted by molar-refractivity contribution is 0.0926. The number of aromatic nitrogens is 2. The molecule has 1 saturated heterocycles. The van der Waals surface area contributed by atoms with Crippen LogP contribution in [-0.4, -0.2) is 56.0 Å². The zero-order valence-electron chi connectivity index (χ0n) is 17.1. The second-order valence-electron chi connectivity index (χ2n) is 7.78. The van der Waals surface area contributed by atoms with Crippen molar-refractivity contribution in [2.45, 2.75) is 30.4 Å². The van der Waals surface area contributed by atoms with Crippen LogP contribution < -0.4 is 10.6 Å². The van der Waals surface area contributed by atoms with E-state index in [0.29, 0.717) is 24.2 Å². The summed E-state index contributed by atoms with van der Waals surface area (Å²) < 4.78 is 34.2. The van der Waals surface area contributed by atoms with E-state index in [-0.39, 0.29) is 23.2 Å². The van der Waals surface area contributed by atoms with Crippen LogP contribution in [0, 0.1) is 0 Å². The van der Waals surface area contributed by atoms with Crippen LogP contribution in [0.4, 0.5) is 5.69 Å². The van der Waals surface area contributed by atoms with Crippen molar-refractivity contribution in [3.8, 4) is 0 Å². The highest BCUT2D eigenvalue weighted by Crippen LogP contribution is 2.24. The van der Waals surface area contributed by atoms with Gasteiger partial charge in [0.1, 0.15) is 0 Å². The Bertz CT molecular complexity index is 1180. The molecule has 0 amide bonds. The average Bonchev–Trinajstić information content (AvgIpc) is 3.35. The zero-order chi connectivity index (χ0) is 21.3. The first-order chi connectivity index (χ1) is 14.3. The normalized spacial score (nSPS) is 17.1. The molecule has 0 saturated carbocycles. The number of ether oxygens (including phenoxy) is 1. The molecule has 9 heteroatoms. The number of aromatic amines is 2. The van der Waals surface area contributed by atoms with Crippen LogP contribution >= 0.6 is 0 Å². The van der Waals surface area contributed by atoms with Gasteiger partial charge in [-0.1, -0.05) is 12.1 Å². The Morgan fingerprint density at radius 2 is 1.80 bits per heavy atom. The topological polar surface area (TPSA) is 98.5 Å². The third-order valence-corrected chi connectivity index (χ3v) is 7.18. The fraction of sp³-hybridized carbons (Fsp3) is 0.381. The smallest absolute Gasteiger partial charge is 0.323 e. The van der Waals surface area contributed by atoms with E-state index < -0.39 is 10.0 Å². The van der Waals surface area contributed by atoms with E-state index in [1.165, 1.54) is 16.4 Å². The molecular formula is C21H26N4O4S. The lowest BCUT2D eigenvalue weighted by Gasteiger charge is -2.25. The number of nitrogens with zero attached hydrogens (tertiary/aromatic N) is 2. The van der Waals surface area contributed by atoms with E-state index in [1.54, 1.807) is 6.07 Å². The minimum Gasteiger partial charge on any atom is -0.378 e. The Morgan fingerprint density at radius 1 is 1.07 bits per heavy atom. The van der Waals surface area contributed by atoms with Gasteiger partial charge in [0.2, 0.25) is 10.0 Å². The molecule has 1 aromatic heterocycles. The Morgan fingerprint density at radius 3 is 2.47 bits per heavy atom. The Balaban J connectivity index is 1.66. The molecule has 2 N–H and O–H groups in total. The van der Waals surface area contributed by atoms with Crippen LogP contribution in [0.5, 0.6) is 0 Å². The van der Waals surface area contributed by atoms with Crippen molar-refractivity contribution in [1.29, 1.82) is 0 Å². The minimum absolute atomic E-state index is 0.114. The number of hydrogen-bond donors (Lipinski definition) is 2. The number of sulfonamides is 1. The first-order valence-electron chi connectivity index (χ1n) is 9.93. The maximum atomic E-state index is 13.5. The molecule has 8 nitrogen and oxygen atoms in total. The van der Waals surface area contributed by atoms with Crippen LogP contribution in [0.2, 0.25) is 0 Å². The third-order valence-electron chi connectivity index (χ3n) is 5.37. The van der Waals surface area contributed by atoms with Crippen molar-refractivity contribution in [3.63, 3.8) is 0 Å². The lowest BCUT2D eigenvalue weighted by Crippen LogP contribution is -2.37. The number of imidazole rings is 1. The quantitative estimate of drug-likeness (QED) is 0.599. The lowest BCUT2D eigenvalue weighted by atomic mass is 10.2. The highest BCUT2D eigenvalue weighted by Gasteiger charge is 2.29. The highest BCUT2D eigenvalue weighted by atomic mass is 32.2. The summed E-state index contributed by atoms with van der Waals surface area (Å²) >= 11 is 0. The summed E-state index contributed by atoms with van der Waals surface area (Å²) in [7, 11) is 0.138. The van der Waals surface area contributed by atoms with Gasteiger partial charge in [0.15, 0.2) is 0 Å². The predicted molar refractivity (Wildman–Crippen MR) is 116 cm³/mol. The van der Waals surface area contributed by atoms with Crippen LogP contribution in [0.25, 0.3) is 11.0 Å². The number of anilines is 1. The average molecular weight is 431 g/mol. The molecular weight excluding hydrogens is 404 g/mol. The van der Waals surface area contributed by atoms with Crippen LogP contribution in [-0.2, 0) is 21.3 Å². The number of rotatable bonds is 7. The van der Waals surface area contributed by atoms with E-state index in [9.17, 15) is 13.2 Å². The zero-order valence-corrected chi connectivity index (χ0v) is 17.9. The molecule has 3 aromatic rings. The second kappa shape index (κ2) is 8.25. The van der Waals surface area contributed by atoms with Gasteiger partial charge in [-0.2, -0.15) is 4.31 Å². The highest BCUT2D eigenvalue weighted by molar-refractivity contribution is 7.89. The molecule has 1 aliphatic heterocycles. The first-order valence-corrected chi connectivity index (χ1v) is 11.4. The summed E-state index contributed by atoms with van der Waals surface area (Å²) in [5.74, 6) is 0. The number of nitrogens with one attached hydrogen (secondary N) is 2. The predicted octanol–water partition coefficient (Wildman–Crippen LogP) is 2.29. The van der Waals surface area contributed by atoms with Gasteiger partial charge < -0.3 is 19.6 Å². The second-order valence-corrected chi connectivity index (χ2v) is 9.72. The Labute approximate surface area is 175 Å². The largest absolute Gasteiger partial charge is 0.378 e. The molecule has 1 fully saturated rings. The molecule has 30 heavy (non-hydrogen) atoms. The summed E-state index contributed by atoms with van der Waals surface area (Å²) in [4.78, 5) is 18.9. The van der Waals surface area contributed by atoms with Gasteiger partial charge in [0.25, 0.3) is 0 Å². The van der Waals surface area contributed by atoms with Crippen LogP contribution in [0.1, 0.15) is 18.4 Å². The fourth-order valence-electron chi connectivity index (χ4n) is 3.69. The van der Waals surface area contributed by atoms with Gasteiger partial charge in [-0.15, -0.1) is 0 Å². The summed E-state index contributed by atoms with van der Waals surface area (Å²) in [6.07, 6.45) is 1.67. The summed E-state index contributed by atoms with van der Waals surface area (Å²) in [6, 6.07) is 12.5. The van der Waals surface area contributed by atoms with Crippen molar-refractivity contribution in [2.75, 3.05) is 32.1 Å². The molecule has 0 radical (unpaired) electrons. The molecule has 160 valence electrons. The molecule has 4 rings (SSSR count). The van der Waals surface area contributed by atoms with Gasteiger partial charge in [-0.3, -0.25) is 0 Å². The number of fused-ring (bicyclic) bond motifs is 1. The van der Waals surface area contributed by atoms with Gasteiger partial charge in [0, 0.05) is 39.5 Å². The monoisotopic (exact) mass is 430 g/mol. The van der Waals surface area contributed by atoms with Crippen molar-refractivity contribution in [3.05, 3.63) is 58.5 Å². The van der Waals surface area contributed by atoms with Crippen LogP contribution in [0.15, 0.2) is 52.2 Å². The standard InChI is InChI=1S/C21H26N4O4S/c1-24(2)16-7-5-15(6-8-16)13-25(14-17-4-3-11-29-17)30(27,28)18-9-10-19-20(12-18)23-21(26)22-19/h5-10,12,17H,3-4,11,13-14H2,1-2H3,(H2,22,23,26)/t17-/m1/s1. The molecule has 2 heterocycles. The van der Waals surface area contributed by atoms with E-state index in [1.807, 2.05) is 43.3 Å². The molecule has 0 unspecified atom stereocenters. The van der Waals surface area contributed by atoms with Gasteiger partial charge in [0.05, 0.1) is 22.0 Å². The number of hydrogen-bond acceptors (Lipinski definition) is 5. The Kier molecular flexibility index (Phi) is 5.68. The molecule has 1 aliphatic rings. The summed E-state index contributed by atoms with van der Waals surface area (Å²) in [6.45, 7) is 1.20. The van der Waals surface area contributed by atoms with E-state index in [4.69, 9.17) is 4.74 Å². The number of H-pyrrole nitrogens is 2. The fourth-order valence-corrected chi connectivity index (χ4v) is 5.17. The van der Waals surface area contributed by atoms with E-state index in [0.717, 1.165) is 24.1 Å². The van der Waals surface area contributed by atoms with Crippen molar-refractivity contribution in [1.82, 2.24) is 14.3 Å². The van der Waals surface area contributed by atoms with E-state index in [2.05, 4.69) is 9.97 Å². The van der Waals surface area contributed by atoms with Gasteiger partial charge in [-0.05, 0) is 48.7 Å². The van der Waals surface area contributed by atoms with Crippen LogP contribution in [0.3, 0.4) is 0 Å². The van der Waals surface area contributed by atoms with Crippen molar-refractivity contribution >= 4 is 26.7 Å². The van der Waals surface area contributed by atoms with Crippen molar-refractivity contribution < 1.29 is 13.2 Å². The summed E-state index contributed by atoms with van der Waals surface area (Å²) in [5, 5.41) is 0. The van der Waals surface area contributed by atoms with Gasteiger partial charge >= 0.3 is 5.69 Å². The summed E-state index contributed by atoms with van der Waals surface area (Å²) in [5.41, 5.74) is 2.63. The minimum atomic E-state index is -3.79.